The number of nitrogens with one attached hydrogen (secondary N) is 1. The lowest BCUT2D eigenvalue weighted by molar-refractivity contribution is -0.135. The van der Waals surface area contributed by atoms with Gasteiger partial charge in [0.05, 0.1) is 0 Å². The molecule has 1 aliphatic heterocycles. The molecule has 0 bridgehead atoms. The van der Waals surface area contributed by atoms with Crippen molar-refractivity contribution in [2.75, 3.05) is 12.3 Å². The Balaban J connectivity index is 1.99. The largest absolute Gasteiger partial charge is 0.389 e. The van der Waals surface area contributed by atoms with Crippen molar-refractivity contribution >= 4 is 11.8 Å². The van der Waals surface area contributed by atoms with E-state index in [1.807, 2.05) is 11.8 Å². The molecule has 1 nitrogen and oxygen atoms in total. The second kappa shape index (κ2) is 5.26. The molecule has 5 heteroatoms. The predicted octanol–water partition coefficient (Wildman–Crippen LogP) is 2.81. The molecular weight excluding hydrogens is 211 g/mol. The van der Waals surface area contributed by atoms with E-state index in [0.29, 0.717) is 17.8 Å². The zero-order chi connectivity index (χ0) is 10.6. The Morgan fingerprint density at radius 3 is 2.64 bits per heavy atom. The first-order valence-corrected chi connectivity index (χ1v) is 5.94. The molecule has 2 atom stereocenters. The lowest BCUT2D eigenvalue weighted by Crippen LogP contribution is -2.30. The van der Waals surface area contributed by atoms with Crippen LogP contribution < -0.4 is 5.32 Å². The van der Waals surface area contributed by atoms with Gasteiger partial charge in [0.2, 0.25) is 0 Å². The summed E-state index contributed by atoms with van der Waals surface area (Å²) < 4.78 is 35.4. The van der Waals surface area contributed by atoms with E-state index in [4.69, 9.17) is 0 Å². The molecule has 0 aromatic heterocycles. The van der Waals surface area contributed by atoms with Gasteiger partial charge in [0.1, 0.15) is 0 Å². The first kappa shape index (κ1) is 12.2. The molecule has 1 fully saturated rings. The Bertz CT molecular complexity index is 172. The molecule has 0 aromatic carbocycles. The number of hydrogen-bond donors (Lipinski definition) is 1. The van der Waals surface area contributed by atoms with Gasteiger partial charge in [-0.15, -0.1) is 0 Å². The molecule has 1 heterocycles. The Morgan fingerprint density at radius 2 is 2.14 bits per heavy atom. The van der Waals surface area contributed by atoms with Crippen LogP contribution in [0.1, 0.15) is 26.2 Å². The minimum Gasteiger partial charge on any atom is -0.313 e. The van der Waals surface area contributed by atoms with E-state index in [-0.39, 0.29) is 6.42 Å². The van der Waals surface area contributed by atoms with Crippen LogP contribution in [0.5, 0.6) is 0 Å². The van der Waals surface area contributed by atoms with Crippen molar-refractivity contribution in [1.29, 1.82) is 0 Å². The van der Waals surface area contributed by atoms with Crippen molar-refractivity contribution in [3.8, 4) is 0 Å². The zero-order valence-electron chi connectivity index (χ0n) is 8.23. The average Bonchev–Trinajstić information content (AvgIpc) is 2.44. The summed E-state index contributed by atoms with van der Waals surface area (Å²) in [4.78, 5) is 0. The summed E-state index contributed by atoms with van der Waals surface area (Å²) in [5.74, 6) is 1.03. The van der Waals surface area contributed by atoms with Crippen LogP contribution in [0.25, 0.3) is 0 Å². The van der Waals surface area contributed by atoms with Crippen LogP contribution in [-0.2, 0) is 0 Å². The van der Waals surface area contributed by atoms with Crippen LogP contribution in [-0.4, -0.2) is 29.8 Å². The van der Waals surface area contributed by atoms with Gasteiger partial charge in [-0.2, -0.15) is 24.9 Å². The highest BCUT2D eigenvalue weighted by Gasteiger charge is 2.26. The lowest BCUT2D eigenvalue weighted by Gasteiger charge is -2.12. The minimum atomic E-state index is -4.00. The number of alkyl halides is 3. The van der Waals surface area contributed by atoms with Crippen molar-refractivity contribution in [2.24, 2.45) is 0 Å². The maximum atomic E-state index is 11.8. The summed E-state index contributed by atoms with van der Waals surface area (Å²) >= 11 is 1.88. The summed E-state index contributed by atoms with van der Waals surface area (Å²) in [5, 5.41) is 3.81. The van der Waals surface area contributed by atoms with Crippen LogP contribution in [0.4, 0.5) is 13.2 Å². The molecule has 14 heavy (non-hydrogen) atoms. The molecule has 84 valence electrons. The van der Waals surface area contributed by atoms with Crippen molar-refractivity contribution < 1.29 is 13.2 Å². The Morgan fingerprint density at radius 1 is 1.43 bits per heavy atom. The standard InChI is InChI=1S/C9H16F3NS/c1-7-5-8(6-14-7)13-4-2-3-9(10,11)12/h7-8,13H,2-6H2,1H3. The normalized spacial score (nSPS) is 28.3. The molecule has 2 unspecified atom stereocenters. The highest BCUT2D eigenvalue weighted by atomic mass is 32.2. The third-order valence-electron chi connectivity index (χ3n) is 2.27. The van der Waals surface area contributed by atoms with Gasteiger partial charge in [-0.25, -0.2) is 0 Å². The molecule has 1 aliphatic rings. The summed E-state index contributed by atoms with van der Waals surface area (Å²) in [6, 6.07) is 0.420. The lowest BCUT2D eigenvalue weighted by atomic mass is 10.2. The van der Waals surface area contributed by atoms with Crippen LogP contribution >= 0.6 is 11.8 Å². The molecule has 0 radical (unpaired) electrons. The van der Waals surface area contributed by atoms with Gasteiger partial charge in [0.25, 0.3) is 0 Å². The molecule has 1 rings (SSSR count). The second-order valence-corrected chi connectivity index (χ2v) is 5.22. The van der Waals surface area contributed by atoms with Gasteiger partial charge in [-0.1, -0.05) is 6.92 Å². The maximum absolute atomic E-state index is 11.8. The van der Waals surface area contributed by atoms with Crippen molar-refractivity contribution in [3.63, 3.8) is 0 Å². The Hall–Kier alpha value is 0.100. The topological polar surface area (TPSA) is 12.0 Å². The van der Waals surface area contributed by atoms with Gasteiger partial charge in [-0.05, 0) is 19.4 Å². The summed E-state index contributed by atoms with van der Waals surface area (Å²) in [6.07, 6.45) is -3.40. The molecule has 0 aliphatic carbocycles. The van der Waals surface area contributed by atoms with E-state index in [0.717, 1.165) is 12.2 Å². The summed E-state index contributed by atoms with van der Waals surface area (Å²) in [7, 11) is 0. The molecule has 0 aromatic rings. The van der Waals surface area contributed by atoms with Crippen LogP contribution in [0, 0.1) is 0 Å². The smallest absolute Gasteiger partial charge is 0.313 e. The van der Waals surface area contributed by atoms with Crippen LogP contribution in [0.2, 0.25) is 0 Å². The van der Waals surface area contributed by atoms with Crippen LogP contribution in [0.3, 0.4) is 0 Å². The molecule has 0 amide bonds. The van der Waals surface area contributed by atoms with Gasteiger partial charge in [0, 0.05) is 23.5 Å². The highest BCUT2D eigenvalue weighted by Crippen LogP contribution is 2.26. The number of halogens is 3. The van der Waals surface area contributed by atoms with E-state index >= 15 is 0 Å². The third kappa shape index (κ3) is 5.10. The molecule has 0 spiro atoms. The Kier molecular flexibility index (Phi) is 4.57. The fourth-order valence-corrected chi connectivity index (χ4v) is 2.74. The van der Waals surface area contributed by atoms with Crippen LogP contribution in [0.15, 0.2) is 0 Å². The van der Waals surface area contributed by atoms with E-state index < -0.39 is 12.6 Å². The van der Waals surface area contributed by atoms with Gasteiger partial charge in [-0.3, -0.25) is 0 Å². The third-order valence-corrected chi connectivity index (χ3v) is 3.62. The number of thioether (sulfide) groups is 1. The fourth-order valence-electron chi connectivity index (χ4n) is 1.55. The first-order chi connectivity index (χ1) is 6.47. The molecule has 0 saturated carbocycles. The number of rotatable bonds is 4. The van der Waals surface area contributed by atoms with E-state index in [9.17, 15) is 13.2 Å². The monoisotopic (exact) mass is 227 g/mol. The second-order valence-electron chi connectivity index (χ2n) is 3.75. The maximum Gasteiger partial charge on any atom is 0.389 e. The minimum absolute atomic E-state index is 0.193. The number of hydrogen-bond acceptors (Lipinski definition) is 2. The highest BCUT2D eigenvalue weighted by molar-refractivity contribution is 8.00. The predicted molar refractivity (Wildman–Crippen MR) is 53.6 cm³/mol. The summed E-state index contributed by atoms with van der Waals surface area (Å²) in [6.45, 7) is 2.64. The van der Waals surface area contributed by atoms with E-state index in [1.165, 1.54) is 0 Å². The quantitative estimate of drug-likeness (QED) is 0.741. The summed E-state index contributed by atoms with van der Waals surface area (Å²) in [5.41, 5.74) is 0. The van der Waals surface area contributed by atoms with Gasteiger partial charge >= 0.3 is 6.18 Å². The Labute approximate surface area is 86.8 Å². The zero-order valence-corrected chi connectivity index (χ0v) is 9.05. The SMILES string of the molecule is CC1CC(NCCCC(F)(F)F)CS1. The fraction of sp³-hybridized carbons (Fsp3) is 1.00. The van der Waals surface area contributed by atoms with E-state index in [1.54, 1.807) is 0 Å². The van der Waals surface area contributed by atoms with Crippen molar-refractivity contribution in [3.05, 3.63) is 0 Å². The van der Waals surface area contributed by atoms with Crippen molar-refractivity contribution in [2.45, 2.75) is 43.7 Å². The van der Waals surface area contributed by atoms with Crippen molar-refractivity contribution in [1.82, 2.24) is 5.32 Å². The van der Waals surface area contributed by atoms with Gasteiger partial charge < -0.3 is 5.32 Å². The van der Waals surface area contributed by atoms with Gasteiger partial charge in [0.15, 0.2) is 0 Å². The first-order valence-electron chi connectivity index (χ1n) is 4.89. The average molecular weight is 227 g/mol. The molecule has 1 N–H and O–H groups in total. The molecular formula is C9H16F3NS. The molecule has 1 saturated heterocycles. The van der Waals surface area contributed by atoms with E-state index in [2.05, 4.69) is 12.2 Å².